The maximum Gasteiger partial charge on any atom is 0.137 e. The van der Waals surface area contributed by atoms with Crippen molar-refractivity contribution in [1.29, 1.82) is 0 Å². The summed E-state index contributed by atoms with van der Waals surface area (Å²) in [6.07, 6.45) is -1.19. The molecular formula is C14H10BrF2IO. The Labute approximate surface area is 131 Å². The number of rotatable bonds is 2. The predicted molar refractivity (Wildman–Crippen MR) is 82.0 cm³/mol. The largest absolute Gasteiger partial charge is 0.384 e. The molecule has 0 radical (unpaired) electrons. The minimum atomic E-state index is -1.19. The van der Waals surface area contributed by atoms with Crippen LogP contribution in [0.5, 0.6) is 0 Å². The maximum absolute atomic E-state index is 13.8. The van der Waals surface area contributed by atoms with Crippen molar-refractivity contribution in [2.24, 2.45) is 0 Å². The van der Waals surface area contributed by atoms with Crippen LogP contribution in [0.25, 0.3) is 0 Å². The van der Waals surface area contributed by atoms with Crippen molar-refractivity contribution in [3.8, 4) is 0 Å². The van der Waals surface area contributed by atoms with Crippen LogP contribution in [0.1, 0.15) is 22.8 Å². The third kappa shape index (κ3) is 2.98. The van der Waals surface area contributed by atoms with Gasteiger partial charge in [-0.2, -0.15) is 0 Å². The van der Waals surface area contributed by atoms with E-state index in [4.69, 9.17) is 0 Å². The summed E-state index contributed by atoms with van der Waals surface area (Å²) in [6.45, 7) is 1.90. The van der Waals surface area contributed by atoms with E-state index in [9.17, 15) is 13.9 Å². The van der Waals surface area contributed by atoms with Crippen LogP contribution >= 0.6 is 38.5 Å². The van der Waals surface area contributed by atoms with Crippen molar-refractivity contribution in [1.82, 2.24) is 0 Å². The highest BCUT2D eigenvalue weighted by atomic mass is 127. The molecule has 0 spiro atoms. The normalized spacial score (nSPS) is 12.5. The molecule has 1 nitrogen and oxygen atoms in total. The third-order valence-corrected chi connectivity index (χ3v) is 4.93. The van der Waals surface area contributed by atoms with E-state index in [1.54, 1.807) is 12.1 Å². The number of hydrogen-bond donors (Lipinski definition) is 1. The van der Waals surface area contributed by atoms with E-state index in [1.165, 1.54) is 0 Å². The van der Waals surface area contributed by atoms with Gasteiger partial charge in [-0.25, -0.2) is 8.78 Å². The number of aliphatic hydroxyl groups is 1. The molecule has 100 valence electrons. The Morgan fingerprint density at radius 1 is 1.16 bits per heavy atom. The lowest BCUT2D eigenvalue weighted by atomic mass is 9.99. The highest BCUT2D eigenvalue weighted by Gasteiger charge is 2.20. The van der Waals surface area contributed by atoms with E-state index in [1.807, 2.05) is 13.0 Å². The molecule has 0 bridgehead atoms. The molecule has 5 heteroatoms. The third-order valence-electron chi connectivity index (χ3n) is 2.85. The minimum Gasteiger partial charge on any atom is -0.384 e. The Bertz CT molecular complexity index is 631. The van der Waals surface area contributed by atoms with Crippen LogP contribution in [0.4, 0.5) is 8.78 Å². The molecule has 0 heterocycles. The van der Waals surface area contributed by atoms with Crippen LogP contribution in [0.15, 0.2) is 34.8 Å². The van der Waals surface area contributed by atoms with Crippen molar-refractivity contribution in [3.05, 3.63) is 66.7 Å². The van der Waals surface area contributed by atoms with E-state index in [-0.39, 0.29) is 10.0 Å². The summed E-state index contributed by atoms with van der Waals surface area (Å²) in [5.74, 6) is -1.24. The SMILES string of the molecule is Cc1cccc(C(O)c2cc(F)c(Br)cc2F)c1I. The molecule has 2 rings (SSSR count). The summed E-state index contributed by atoms with van der Waals surface area (Å²) in [4.78, 5) is 0. The summed E-state index contributed by atoms with van der Waals surface area (Å²) in [5.41, 5.74) is 1.49. The van der Waals surface area contributed by atoms with Gasteiger partial charge in [-0.05, 0) is 68.7 Å². The highest BCUT2D eigenvalue weighted by Crippen LogP contribution is 2.31. The zero-order chi connectivity index (χ0) is 14.2. The highest BCUT2D eigenvalue weighted by molar-refractivity contribution is 14.1. The van der Waals surface area contributed by atoms with Gasteiger partial charge < -0.3 is 5.11 Å². The first kappa shape index (κ1) is 14.9. The van der Waals surface area contributed by atoms with Crippen LogP contribution in [0.3, 0.4) is 0 Å². The van der Waals surface area contributed by atoms with Crippen LogP contribution in [0.2, 0.25) is 0 Å². The van der Waals surface area contributed by atoms with Gasteiger partial charge in [-0.3, -0.25) is 0 Å². The summed E-state index contributed by atoms with van der Waals surface area (Å²) in [5, 5.41) is 10.3. The first-order valence-corrected chi connectivity index (χ1v) is 7.36. The molecule has 1 atom stereocenters. The van der Waals surface area contributed by atoms with E-state index >= 15 is 0 Å². The molecule has 0 saturated carbocycles. The molecule has 0 amide bonds. The molecule has 0 aliphatic heterocycles. The first-order valence-electron chi connectivity index (χ1n) is 5.49. The molecule has 0 aliphatic carbocycles. The summed E-state index contributed by atoms with van der Waals surface area (Å²) in [6, 6.07) is 7.43. The van der Waals surface area contributed by atoms with Gasteiger partial charge in [0.05, 0.1) is 4.47 Å². The molecule has 19 heavy (non-hydrogen) atoms. The molecule has 0 fully saturated rings. The summed E-state index contributed by atoms with van der Waals surface area (Å²) < 4.78 is 28.2. The van der Waals surface area contributed by atoms with Crippen LogP contribution in [-0.4, -0.2) is 5.11 Å². The molecule has 1 N–H and O–H groups in total. The maximum atomic E-state index is 13.8. The lowest BCUT2D eigenvalue weighted by Gasteiger charge is -2.16. The van der Waals surface area contributed by atoms with Gasteiger partial charge in [0.1, 0.15) is 17.7 Å². The average Bonchev–Trinajstić information content (AvgIpc) is 2.36. The molecule has 0 saturated heterocycles. The lowest BCUT2D eigenvalue weighted by Crippen LogP contribution is -2.06. The smallest absolute Gasteiger partial charge is 0.137 e. The van der Waals surface area contributed by atoms with Crippen molar-refractivity contribution < 1.29 is 13.9 Å². The second-order valence-corrected chi connectivity index (χ2v) is 6.10. The zero-order valence-corrected chi connectivity index (χ0v) is 13.7. The summed E-state index contributed by atoms with van der Waals surface area (Å²) in [7, 11) is 0. The Kier molecular flexibility index (Phi) is 4.58. The van der Waals surface area contributed by atoms with Crippen molar-refractivity contribution in [3.63, 3.8) is 0 Å². The van der Waals surface area contributed by atoms with Crippen molar-refractivity contribution in [2.75, 3.05) is 0 Å². The Hall–Kier alpha value is -0.530. The molecule has 0 aliphatic rings. The van der Waals surface area contributed by atoms with Gasteiger partial charge in [0.25, 0.3) is 0 Å². The molecule has 2 aromatic carbocycles. The van der Waals surface area contributed by atoms with E-state index in [0.29, 0.717) is 5.56 Å². The second-order valence-electron chi connectivity index (χ2n) is 4.17. The van der Waals surface area contributed by atoms with Crippen LogP contribution in [0, 0.1) is 22.1 Å². The first-order chi connectivity index (χ1) is 8.91. The minimum absolute atomic E-state index is 0.0416. The van der Waals surface area contributed by atoms with E-state index in [0.717, 1.165) is 21.3 Å². The fourth-order valence-corrected chi connectivity index (χ4v) is 2.77. The van der Waals surface area contributed by atoms with Gasteiger partial charge in [0.15, 0.2) is 0 Å². The monoisotopic (exact) mass is 438 g/mol. The standard InChI is InChI=1S/C14H10BrF2IO/c1-7-3-2-4-8(13(7)18)14(19)9-5-12(17)10(15)6-11(9)16/h2-6,14,19H,1H3. The van der Waals surface area contributed by atoms with Crippen LogP contribution < -0.4 is 0 Å². The molecular weight excluding hydrogens is 429 g/mol. The molecule has 1 unspecified atom stereocenters. The number of aryl methyl sites for hydroxylation is 1. The molecule has 2 aromatic rings. The molecule has 0 aromatic heterocycles. The van der Waals surface area contributed by atoms with Gasteiger partial charge in [0.2, 0.25) is 0 Å². The second kappa shape index (κ2) is 5.85. The van der Waals surface area contributed by atoms with Crippen molar-refractivity contribution >= 4 is 38.5 Å². The Morgan fingerprint density at radius 3 is 2.53 bits per heavy atom. The fraction of sp³-hybridized carbons (Fsp3) is 0.143. The van der Waals surface area contributed by atoms with E-state index in [2.05, 4.69) is 38.5 Å². The summed E-state index contributed by atoms with van der Waals surface area (Å²) >= 11 is 5.00. The van der Waals surface area contributed by atoms with Gasteiger partial charge in [0, 0.05) is 9.13 Å². The quantitative estimate of drug-likeness (QED) is 0.531. The fourth-order valence-electron chi connectivity index (χ4n) is 1.80. The zero-order valence-electron chi connectivity index (χ0n) is 9.92. The van der Waals surface area contributed by atoms with Gasteiger partial charge >= 0.3 is 0 Å². The number of benzene rings is 2. The average molecular weight is 439 g/mol. The number of aliphatic hydroxyl groups excluding tert-OH is 1. The lowest BCUT2D eigenvalue weighted by molar-refractivity contribution is 0.213. The predicted octanol–water partition coefficient (Wildman–Crippen LogP) is 4.72. The number of hydrogen-bond acceptors (Lipinski definition) is 1. The van der Waals surface area contributed by atoms with E-state index < -0.39 is 17.7 Å². The Balaban J connectivity index is 2.53. The topological polar surface area (TPSA) is 20.2 Å². The van der Waals surface area contributed by atoms with Gasteiger partial charge in [-0.15, -0.1) is 0 Å². The number of halogens is 4. The Morgan fingerprint density at radius 2 is 1.84 bits per heavy atom. The van der Waals surface area contributed by atoms with Gasteiger partial charge in [-0.1, -0.05) is 18.2 Å². The van der Waals surface area contributed by atoms with Crippen molar-refractivity contribution in [2.45, 2.75) is 13.0 Å². The van der Waals surface area contributed by atoms with Crippen LogP contribution in [-0.2, 0) is 0 Å².